The van der Waals surface area contributed by atoms with Gasteiger partial charge < -0.3 is 9.88 Å². The largest absolute Gasteiger partial charge is 0.349 e. The lowest BCUT2D eigenvalue weighted by Crippen LogP contribution is -2.28. The Kier molecular flexibility index (Phi) is 3.88. The second-order valence-corrected chi connectivity index (χ2v) is 8.51. The van der Waals surface area contributed by atoms with E-state index in [2.05, 4.69) is 17.0 Å². The molecule has 21 heavy (non-hydrogen) atoms. The van der Waals surface area contributed by atoms with Gasteiger partial charge in [-0.05, 0) is 44.1 Å². The summed E-state index contributed by atoms with van der Waals surface area (Å²) in [5, 5.41) is 3.44. The van der Waals surface area contributed by atoms with Crippen LogP contribution < -0.4 is 10.0 Å². The van der Waals surface area contributed by atoms with Crippen LogP contribution in [0.2, 0.25) is 0 Å². The zero-order valence-corrected chi connectivity index (χ0v) is 13.7. The third-order valence-corrected chi connectivity index (χ3v) is 5.92. The SMILES string of the molecule is CCn1cc(S(=O)(=O)NCC2(C)CC2)cc1CNC1CC1. The van der Waals surface area contributed by atoms with Crippen LogP contribution in [0.25, 0.3) is 0 Å². The fraction of sp³-hybridized carbons (Fsp3) is 0.733. The van der Waals surface area contributed by atoms with Gasteiger partial charge in [0.15, 0.2) is 0 Å². The summed E-state index contributed by atoms with van der Waals surface area (Å²) >= 11 is 0. The maximum atomic E-state index is 12.4. The quantitative estimate of drug-likeness (QED) is 0.770. The maximum absolute atomic E-state index is 12.4. The molecule has 2 aliphatic rings. The van der Waals surface area contributed by atoms with E-state index in [1.54, 1.807) is 12.3 Å². The van der Waals surface area contributed by atoms with Crippen LogP contribution in [0, 0.1) is 5.41 Å². The third kappa shape index (κ3) is 3.67. The Morgan fingerprint density at radius 2 is 2.10 bits per heavy atom. The second kappa shape index (κ2) is 5.41. The number of nitrogens with one attached hydrogen (secondary N) is 2. The Morgan fingerprint density at radius 3 is 2.67 bits per heavy atom. The minimum Gasteiger partial charge on any atom is -0.349 e. The summed E-state index contributed by atoms with van der Waals surface area (Å²) in [6.45, 7) is 6.23. The van der Waals surface area contributed by atoms with Crippen molar-refractivity contribution in [3.8, 4) is 0 Å². The average Bonchev–Trinajstić information content (AvgIpc) is 3.36. The van der Waals surface area contributed by atoms with Crippen LogP contribution in [-0.4, -0.2) is 25.6 Å². The van der Waals surface area contributed by atoms with Crippen molar-refractivity contribution in [1.29, 1.82) is 0 Å². The van der Waals surface area contributed by atoms with Gasteiger partial charge in [-0.2, -0.15) is 0 Å². The summed E-state index contributed by atoms with van der Waals surface area (Å²) in [5.74, 6) is 0. The molecule has 0 unspecified atom stereocenters. The van der Waals surface area contributed by atoms with Crippen LogP contribution in [0.5, 0.6) is 0 Å². The number of rotatable bonds is 8. The lowest BCUT2D eigenvalue weighted by molar-refractivity contribution is 0.530. The lowest BCUT2D eigenvalue weighted by atomic mass is 10.2. The molecule has 2 saturated carbocycles. The van der Waals surface area contributed by atoms with Crippen LogP contribution in [0.1, 0.15) is 45.2 Å². The number of hydrogen-bond acceptors (Lipinski definition) is 3. The van der Waals surface area contributed by atoms with Crippen molar-refractivity contribution >= 4 is 10.0 Å². The van der Waals surface area contributed by atoms with E-state index in [1.165, 1.54) is 12.8 Å². The first-order valence-corrected chi connectivity index (χ1v) is 9.32. The Bertz CT molecular complexity index is 613. The lowest BCUT2D eigenvalue weighted by Gasteiger charge is -2.09. The molecule has 0 aromatic carbocycles. The molecule has 1 heterocycles. The zero-order valence-electron chi connectivity index (χ0n) is 12.9. The number of aryl methyl sites for hydroxylation is 1. The highest BCUT2D eigenvalue weighted by Crippen LogP contribution is 2.44. The molecule has 1 aromatic rings. The topological polar surface area (TPSA) is 63.1 Å². The van der Waals surface area contributed by atoms with Crippen molar-refractivity contribution in [3.05, 3.63) is 18.0 Å². The zero-order chi connectivity index (χ0) is 15.1. The van der Waals surface area contributed by atoms with E-state index in [0.29, 0.717) is 17.5 Å². The highest BCUT2D eigenvalue weighted by Gasteiger charge is 2.38. The van der Waals surface area contributed by atoms with Crippen molar-refractivity contribution in [1.82, 2.24) is 14.6 Å². The van der Waals surface area contributed by atoms with Gasteiger partial charge in [0.2, 0.25) is 10.0 Å². The highest BCUT2D eigenvalue weighted by molar-refractivity contribution is 7.89. The predicted molar refractivity (Wildman–Crippen MR) is 82.5 cm³/mol. The van der Waals surface area contributed by atoms with Gasteiger partial charge in [0, 0.05) is 37.6 Å². The number of hydrogen-bond donors (Lipinski definition) is 2. The molecule has 0 amide bonds. The van der Waals surface area contributed by atoms with E-state index in [4.69, 9.17) is 0 Å². The Balaban J connectivity index is 1.70. The molecule has 0 atom stereocenters. The van der Waals surface area contributed by atoms with Gasteiger partial charge in [-0.1, -0.05) is 6.92 Å². The van der Waals surface area contributed by atoms with Gasteiger partial charge in [-0.3, -0.25) is 0 Å². The van der Waals surface area contributed by atoms with E-state index in [9.17, 15) is 8.42 Å². The van der Waals surface area contributed by atoms with E-state index < -0.39 is 10.0 Å². The summed E-state index contributed by atoms with van der Waals surface area (Å²) in [5.41, 5.74) is 1.22. The van der Waals surface area contributed by atoms with Crippen molar-refractivity contribution in [2.45, 2.75) is 63.6 Å². The standard InChI is InChI=1S/C15H25N3O2S/c1-3-18-10-14(8-13(18)9-16-12-4-5-12)21(19,20)17-11-15(2)6-7-15/h8,10,12,16-17H,3-7,9,11H2,1-2H3. The molecule has 0 radical (unpaired) electrons. The van der Waals surface area contributed by atoms with Crippen LogP contribution >= 0.6 is 0 Å². The summed E-state index contributed by atoms with van der Waals surface area (Å²) < 4.78 is 29.6. The van der Waals surface area contributed by atoms with Crippen molar-refractivity contribution in [3.63, 3.8) is 0 Å². The van der Waals surface area contributed by atoms with Gasteiger partial charge in [0.25, 0.3) is 0 Å². The van der Waals surface area contributed by atoms with Crippen molar-refractivity contribution in [2.24, 2.45) is 5.41 Å². The predicted octanol–water partition coefficient (Wildman–Crippen LogP) is 1.84. The molecule has 0 spiro atoms. The molecule has 2 N–H and O–H groups in total. The molecule has 0 bridgehead atoms. The average molecular weight is 311 g/mol. The Morgan fingerprint density at radius 1 is 1.38 bits per heavy atom. The third-order valence-electron chi connectivity index (χ3n) is 4.55. The number of aromatic nitrogens is 1. The van der Waals surface area contributed by atoms with Crippen molar-refractivity contribution < 1.29 is 8.42 Å². The minimum absolute atomic E-state index is 0.177. The van der Waals surface area contributed by atoms with Gasteiger partial charge in [-0.15, -0.1) is 0 Å². The van der Waals surface area contributed by atoms with Crippen molar-refractivity contribution in [2.75, 3.05) is 6.54 Å². The van der Waals surface area contributed by atoms with E-state index in [-0.39, 0.29) is 5.41 Å². The highest BCUT2D eigenvalue weighted by atomic mass is 32.2. The van der Waals surface area contributed by atoms with E-state index >= 15 is 0 Å². The van der Waals surface area contributed by atoms with Crippen LogP contribution in [0.4, 0.5) is 0 Å². The smallest absolute Gasteiger partial charge is 0.242 e. The van der Waals surface area contributed by atoms with Crippen LogP contribution in [0.3, 0.4) is 0 Å². The summed E-state index contributed by atoms with van der Waals surface area (Å²) in [6.07, 6.45) is 6.45. The van der Waals surface area contributed by atoms with Crippen LogP contribution in [-0.2, 0) is 23.1 Å². The van der Waals surface area contributed by atoms with Gasteiger partial charge >= 0.3 is 0 Å². The van der Waals surface area contributed by atoms with Gasteiger partial charge in [-0.25, -0.2) is 13.1 Å². The molecule has 5 nitrogen and oxygen atoms in total. The first kappa shape index (κ1) is 15.1. The number of nitrogens with zero attached hydrogens (tertiary/aromatic N) is 1. The van der Waals surface area contributed by atoms with E-state index in [1.807, 2.05) is 11.5 Å². The molecule has 6 heteroatoms. The molecule has 0 aliphatic heterocycles. The van der Waals surface area contributed by atoms with Gasteiger partial charge in [0.05, 0.1) is 4.90 Å². The molecular weight excluding hydrogens is 286 g/mol. The molecule has 1 aromatic heterocycles. The summed E-state index contributed by atoms with van der Waals surface area (Å²) in [6, 6.07) is 2.43. The monoisotopic (exact) mass is 311 g/mol. The Labute approximate surface area is 127 Å². The Hall–Kier alpha value is -0.850. The molecule has 2 aliphatic carbocycles. The maximum Gasteiger partial charge on any atom is 0.242 e. The fourth-order valence-electron chi connectivity index (χ4n) is 2.39. The summed E-state index contributed by atoms with van der Waals surface area (Å²) in [7, 11) is -3.39. The molecule has 0 saturated heterocycles. The molecule has 3 rings (SSSR count). The minimum atomic E-state index is -3.39. The molecular formula is C15H25N3O2S. The number of sulfonamides is 1. The molecule has 118 valence electrons. The van der Waals surface area contributed by atoms with Gasteiger partial charge in [0.1, 0.15) is 0 Å². The first-order valence-electron chi connectivity index (χ1n) is 7.84. The molecule has 2 fully saturated rings. The normalized spacial score (nSPS) is 20.7. The first-order chi connectivity index (χ1) is 9.92. The second-order valence-electron chi connectivity index (χ2n) is 6.74. The van der Waals surface area contributed by atoms with E-state index in [0.717, 1.165) is 31.6 Å². The van der Waals surface area contributed by atoms with Crippen LogP contribution in [0.15, 0.2) is 17.2 Å². The fourth-order valence-corrected chi connectivity index (χ4v) is 3.66. The summed E-state index contributed by atoms with van der Waals surface area (Å²) in [4.78, 5) is 0.390.